The van der Waals surface area contributed by atoms with Gasteiger partial charge < -0.3 is 4.74 Å². The topological polar surface area (TPSA) is 29.5 Å². The Bertz CT molecular complexity index is 482. The minimum Gasteiger partial charge on any atom is -0.468 e. The van der Waals surface area contributed by atoms with Crippen LogP contribution in [0.25, 0.3) is 0 Å². The largest absolute Gasteiger partial charge is 0.468 e. The number of hydrogen-bond donors (Lipinski definition) is 0. The quantitative estimate of drug-likeness (QED) is 0.753. The Hall–Kier alpha value is -1.06. The second-order valence-electron chi connectivity index (χ2n) is 6.19. The van der Waals surface area contributed by atoms with Gasteiger partial charge in [0.15, 0.2) is 0 Å². The van der Waals surface area contributed by atoms with Crippen LogP contribution in [0.3, 0.4) is 0 Å². The van der Waals surface area contributed by atoms with E-state index in [4.69, 9.17) is 16.3 Å². The molecule has 1 atom stereocenters. The van der Waals surface area contributed by atoms with Crippen molar-refractivity contribution in [1.29, 1.82) is 0 Å². The average Bonchev–Trinajstić information content (AvgIpc) is 2.39. The summed E-state index contributed by atoms with van der Waals surface area (Å²) in [5.41, 5.74) is 0.893. The summed E-state index contributed by atoms with van der Waals surface area (Å²) >= 11 is 5.91. The Kier molecular flexibility index (Phi) is 5.28. The molecular formula is C17H24ClNO2. The zero-order chi connectivity index (χ0) is 15.5. The van der Waals surface area contributed by atoms with E-state index >= 15 is 0 Å². The molecule has 3 nitrogen and oxygen atoms in total. The van der Waals surface area contributed by atoms with E-state index in [-0.39, 0.29) is 11.5 Å². The molecule has 0 bridgehead atoms. The van der Waals surface area contributed by atoms with Crippen LogP contribution in [0.2, 0.25) is 5.02 Å². The van der Waals surface area contributed by atoms with Crippen LogP contribution < -0.4 is 0 Å². The van der Waals surface area contributed by atoms with Crippen LogP contribution in [0.15, 0.2) is 24.3 Å². The fraction of sp³-hybridized carbons (Fsp3) is 0.588. The first-order valence-electron chi connectivity index (χ1n) is 7.52. The van der Waals surface area contributed by atoms with Crippen molar-refractivity contribution >= 4 is 17.6 Å². The smallest absolute Gasteiger partial charge is 0.326 e. The van der Waals surface area contributed by atoms with Gasteiger partial charge in [0.2, 0.25) is 0 Å². The highest BCUT2D eigenvalue weighted by Crippen LogP contribution is 2.38. The van der Waals surface area contributed by atoms with E-state index in [2.05, 4.69) is 24.0 Å². The van der Waals surface area contributed by atoms with Gasteiger partial charge in [0.25, 0.3) is 0 Å². The Labute approximate surface area is 132 Å². The molecule has 0 amide bonds. The van der Waals surface area contributed by atoms with Crippen LogP contribution >= 0.6 is 11.6 Å². The highest BCUT2D eigenvalue weighted by molar-refractivity contribution is 6.30. The van der Waals surface area contributed by atoms with Gasteiger partial charge in [-0.25, -0.2) is 0 Å². The van der Waals surface area contributed by atoms with Crippen molar-refractivity contribution in [2.45, 2.75) is 38.1 Å². The third-order valence-corrected chi connectivity index (χ3v) is 4.81. The molecule has 1 aliphatic rings. The van der Waals surface area contributed by atoms with Crippen LogP contribution in [0.5, 0.6) is 0 Å². The number of benzene rings is 1. The predicted octanol–water partition coefficient (Wildman–Crippen LogP) is 3.55. The number of hydrogen-bond acceptors (Lipinski definition) is 3. The molecule has 0 unspecified atom stereocenters. The number of nitrogens with zero attached hydrogens (tertiary/aromatic N) is 1. The van der Waals surface area contributed by atoms with Gasteiger partial charge in [-0.2, -0.15) is 0 Å². The van der Waals surface area contributed by atoms with E-state index in [0.29, 0.717) is 5.92 Å². The van der Waals surface area contributed by atoms with Crippen molar-refractivity contribution in [3.63, 3.8) is 0 Å². The molecule has 4 heteroatoms. The third-order valence-electron chi connectivity index (χ3n) is 4.56. The van der Waals surface area contributed by atoms with Crippen molar-refractivity contribution < 1.29 is 9.53 Å². The van der Waals surface area contributed by atoms with Crippen LogP contribution in [-0.4, -0.2) is 37.1 Å². The van der Waals surface area contributed by atoms with Gasteiger partial charge in [-0.15, -0.1) is 0 Å². The van der Waals surface area contributed by atoms with Gasteiger partial charge in [0.05, 0.1) is 7.11 Å². The van der Waals surface area contributed by atoms with Crippen LogP contribution in [0.4, 0.5) is 0 Å². The molecule has 1 aromatic rings. The molecule has 0 aliphatic heterocycles. The molecule has 1 aromatic carbocycles. The molecule has 0 radical (unpaired) electrons. The SMILES string of the molecule is COC(=O)C1(N(C)C[C@@H](C)Cc2ccc(Cl)cc2)CCC1. The summed E-state index contributed by atoms with van der Waals surface area (Å²) in [6, 6.07) is 7.99. The predicted molar refractivity (Wildman–Crippen MR) is 85.5 cm³/mol. The maximum absolute atomic E-state index is 12.1. The Morgan fingerprint density at radius 2 is 2.00 bits per heavy atom. The van der Waals surface area contributed by atoms with Crippen molar-refractivity contribution in [3.05, 3.63) is 34.9 Å². The number of ether oxygens (including phenoxy) is 1. The van der Waals surface area contributed by atoms with Gasteiger partial charge in [0.1, 0.15) is 5.54 Å². The minimum atomic E-state index is -0.386. The summed E-state index contributed by atoms with van der Waals surface area (Å²) < 4.78 is 5.00. The summed E-state index contributed by atoms with van der Waals surface area (Å²) in [6.07, 6.45) is 3.90. The maximum atomic E-state index is 12.1. The molecule has 1 saturated carbocycles. The number of carbonyl (C=O) groups is 1. The standard InChI is InChI=1S/C17H24ClNO2/c1-13(11-14-5-7-15(18)8-6-14)12-19(2)17(9-4-10-17)16(20)21-3/h5-8,13H,4,9-12H2,1-3H3/t13-/m0/s1. The highest BCUT2D eigenvalue weighted by atomic mass is 35.5. The first-order chi connectivity index (χ1) is 9.98. The lowest BCUT2D eigenvalue weighted by Gasteiger charge is -2.46. The van der Waals surface area contributed by atoms with Crippen LogP contribution in [-0.2, 0) is 16.0 Å². The number of methoxy groups -OCH3 is 1. The van der Waals surface area contributed by atoms with E-state index in [1.54, 1.807) is 0 Å². The highest BCUT2D eigenvalue weighted by Gasteiger charge is 2.48. The van der Waals surface area contributed by atoms with Crippen molar-refractivity contribution in [3.8, 4) is 0 Å². The third kappa shape index (κ3) is 3.58. The van der Waals surface area contributed by atoms with E-state index < -0.39 is 0 Å². The fourth-order valence-corrected chi connectivity index (χ4v) is 3.30. The van der Waals surface area contributed by atoms with Crippen LogP contribution in [0, 0.1) is 5.92 Å². The summed E-state index contributed by atoms with van der Waals surface area (Å²) in [7, 11) is 3.52. The molecular weight excluding hydrogens is 286 g/mol. The second-order valence-corrected chi connectivity index (χ2v) is 6.63. The van der Waals surface area contributed by atoms with Gasteiger partial charge in [-0.1, -0.05) is 30.7 Å². The molecule has 116 valence electrons. The van der Waals surface area contributed by atoms with E-state index in [0.717, 1.165) is 37.3 Å². The van der Waals surface area contributed by atoms with Crippen molar-refractivity contribution in [2.24, 2.45) is 5.92 Å². The molecule has 0 spiro atoms. The first kappa shape index (κ1) is 16.3. The number of rotatable bonds is 6. The lowest BCUT2D eigenvalue weighted by Crippen LogP contribution is -2.59. The van der Waals surface area contributed by atoms with E-state index in [9.17, 15) is 4.79 Å². The molecule has 0 heterocycles. The summed E-state index contributed by atoms with van der Waals surface area (Å²) in [5.74, 6) is 0.383. The molecule has 1 fully saturated rings. The molecule has 2 rings (SSSR count). The van der Waals surface area contributed by atoms with Crippen molar-refractivity contribution in [1.82, 2.24) is 4.90 Å². The fourth-order valence-electron chi connectivity index (χ4n) is 3.17. The molecule has 21 heavy (non-hydrogen) atoms. The normalized spacial score (nSPS) is 18.1. The first-order valence-corrected chi connectivity index (χ1v) is 7.90. The molecule has 0 N–H and O–H groups in total. The van der Waals surface area contributed by atoms with Gasteiger partial charge >= 0.3 is 5.97 Å². The van der Waals surface area contributed by atoms with Crippen molar-refractivity contribution in [2.75, 3.05) is 20.7 Å². The lowest BCUT2D eigenvalue weighted by atomic mass is 9.75. The van der Waals surface area contributed by atoms with E-state index in [1.807, 2.05) is 19.2 Å². The lowest BCUT2D eigenvalue weighted by molar-refractivity contribution is -0.161. The monoisotopic (exact) mass is 309 g/mol. The molecule has 0 saturated heterocycles. The Balaban J connectivity index is 1.93. The summed E-state index contributed by atoms with van der Waals surface area (Å²) in [5, 5.41) is 0.766. The van der Waals surface area contributed by atoms with Crippen LogP contribution in [0.1, 0.15) is 31.7 Å². The number of esters is 1. The zero-order valence-electron chi connectivity index (χ0n) is 13.1. The number of likely N-dealkylation sites (N-methyl/N-ethyl adjacent to an activating group) is 1. The van der Waals surface area contributed by atoms with Gasteiger partial charge in [-0.05, 0) is 56.3 Å². The zero-order valence-corrected chi connectivity index (χ0v) is 13.8. The summed E-state index contributed by atoms with van der Waals surface area (Å²) in [4.78, 5) is 14.2. The average molecular weight is 310 g/mol. The van der Waals surface area contributed by atoms with E-state index in [1.165, 1.54) is 12.7 Å². The number of carbonyl (C=O) groups excluding carboxylic acids is 1. The number of halogens is 1. The molecule has 0 aromatic heterocycles. The second kappa shape index (κ2) is 6.80. The Morgan fingerprint density at radius 1 is 1.38 bits per heavy atom. The maximum Gasteiger partial charge on any atom is 0.326 e. The van der Waals surface area contributed by atoms with Gasteiger partial charge in [0, 0.05) is 11.6 Å². The summed E-state index contributed by atoms with van der Waals surface area (Å²) in [6.45, 7) is 3.10. The Morgan fingerprint density at radius 3 is 2.48 bits per heavy atom. The molecule has 1 aliphatic carbocycles. The minimum absolute atomic E-state index is 0.0880. The van der Waals surface area contributed by atoms with Gasteiger partial charge in [-0.3, -0.25) is 9.69 Å².